The lowest BCUT2D eigenvalue weighted by Crippen LogP contribution is -2.16. The van der Waals surface area contributed by atoms with Gasteiger partial charge in [0, 0.05) is 25.3 Å². The maximum absolute atomic E-state index is 12.8. The highest BCUT2D eigenvalue weighted by atomic mass is 127. The number of hydrogen-bond donors (Lipinski definition) is 0. The van der Waals surface area contributed by atoms with Gasteiger partial charge in [-0.3, -0.25) is 10.1 Å². The summed E-state index contributed by atoms with van der Waals surface area (Å²) in [5.41, 5.74) is 1.95. The monoisotopic (exact) mass is 386 g/mol. The van der Waals surface area contributed by atoms with Crippen LogP contribution in [0.25, 0.3) is 0 Å². The Morgan fingerprint density at radius 1 is 1.25 bits per heavy atom. The fraction of sp³-hybridized carbons (Fsp3) is 0.143. The molecule has 2 aromatic carbocycles. The Hall–Kier alpha value is -1.70. The van der Waals surface area contributed by atoms with E-state index < -0.39 is 4.92 Å². The van der Waals surface area contributed by atoms with E-state index in [0.29, 0.717) is 10.1 Å². The molecule has 4 nitrogen and oxygen atoms in total. The van der Waals surface area contributed by atoms with Gasteiger partial charge in [0.25, 0.3) is 5.69 Å². The van der Waals surface area contributed by atoms with Gasteiger partial charge in [0.2, 0.25) is 0 Å². The first-order valence-electron chi connectivity index (χ1n) is 5.87. The summed E-state index contributed by atoms with van der Waals surface area (Å²) >= 11 is 1.95. The number of rotatable bonds is 4. The molecule has 0 radical (unpaired) electrons. The van der Waals surface area contributed by atoms with E-state index in [1.165, 1.54) is 18.2 Å². The van der Waals surface area contributed by atoms with Crippen LogP contribution in [0.4, 0.5) is 15.8 Å². The van der Waals surface area contributed by atoms with Crippen LogP contribution in [0.2, 0.25) is 0 Å². The molecule has 0 unspecified atom stereocenters. The fourth-order valence-electron chi connectivity index (χ4n) is 1.84. The summed E-state index contributed by atoms with van der Waals surface area (Å²) in [6, 6.07) is 11.3. The number of hydrogen-bond acceptors (Lipinski definition) is 3. The van der Waals surface area contributed by atoms with Crippen LogP contribution >= 0.6 is 22.6 Å². The molecule has 0 N–H and O–H groups in total. The summed E-state index contributed by atoms with van der Waals surface area (Å²) < 4.78 is 13.4. The van der Waals surface area contributed by atoms with Crippen LogP contribution in [-0.4, -0.2) is 12.0 Å². The third-order valence-corrected chi connectivity index (χ3v) is 3.77. The van der Waals surface area contributed by atoms with Crippen LogP contribution in [0.1, 0.15) is 5.56 Å². The number of anilines is 1. The van der Waals surface area contributed by atoms with Crippen molar-refractivity contribution in [1.29, 1.82) is 0 Å². The van der Waals surface area contributed by atoms with Crippen molar-refractivity contribution in [2.45, 2.75) is 6.54 Å². The summed E-state index contributed by atoms with van der Waals surface area (Å²) in [6.07, 6.45) is 0. The lowest BCUT2D eigenvalue weighted by Gasteiger charge is -2.19. The maximum atomic E-state index is 12.8. The summed E-state index contributed by atoms with van der Waals surface area (Å²) in [5.74, 6) is -0.263. The number of nitro groups is 1. The average Bonchev–Trinajstić information content (AvgIpc) is 2.40. The summed E-state index contributed by atoms with van der Waals surface area (Å²) in [4.78, 5) is 12.3. The zero-order valence-corrected chi connectivity index (χ0v) is 12.9. The van der Waals surface area contributed by atoms with Gasteiger partial charge in [-0.1, -0.05) is 12.1 Å². The molecule has 0 aliphatic carbocycles. The van der Waals surface area contributed by atoms with E-state index in [4.69, 9.17) is 0 Å². The van der Waals surface area contributed by atoms with E-state index >= 15 is 0 Å². The minimum absolute atomic E-state index is 0.101. The SMILES string of the molecule is CN(Cc1ccc(F)cc1)c1ccc([N+](=O)[O-])c(I)c1. The van der Waals surface area contributed by atoms with Crippen LogP contribution in [0, 0.1) is 19.5 Å². The van der Waals surface area contributed by atoms with E-state index in [-0.39, 0.29) is 11.5 Å². The zero-order valence-electron chi connectivity index (χ0n) is 10.7. The molecule has 2 aromatic rings. The molecular weight excluding hydrogens is 374 g/mol. The Labute approximate surface area is 129 Å². The second-order valence-electron chi connectivity index (χ2n) is 4.38. The Morgan fingerprint density at radius 2 is 1.90 bits per heavy atom. The molecule has 0 saturated carbocycles. The Kier molecular flexibility index (Phi) is 4.53. The highest BCUT2D eigenvalue weighted by Gasteiger charge is 2.13. The molecule has 6 heteroatoms. The van der Waals surface area contributed by atoms with Crippen LogP contribution < -0.4 is 4.90 Å². The Bertz CT molecular complexity index is 632. The topological polar surface area (TPSA) is 46.4 Å². The molecule has 0 saturated heterocycles. The minimum Gasteiger partial charge on any atom is -0.370 e. The van der Waals surface area contributed by atoms with E-state index in [0.717, 1.165) is 11.3 Å². The molecular formula is C14H12FIN2O2. The van der Waals surface area contributed by atoms with Gasteiger partial charge in [0.05, 0.1) is 8.49 Å². The van der Waals surface area contributed by atoms with Gasteiger partial charge in [-0.25, -0.2) is 4.39 Å². The first-order chi connectivity index (χ1) is 9.47. The molecule has 0 aromatic heterocycles. The van der Waals surface area contributed by atoms with Crippen molar-refractivity contribution in [3.63, 3.8) is 0 Å². The Morgan fingerprint density at radius 3 is 2.45 bits per heavy atom. The van der Waals surface area contributed by atoms with Gasteiger partial charge in [-0.2, -0.15) is 0 Å². The van der Waals surface area contributed by atoms with E-state index in [9.17, 15) is 14.5 Å². The molecule has 0 heterocycles. The number of nitro benzene ring substituents is 1. The van der Waals surface area contributed by atoms with Gasteiger partial charge in [-0.15, -0.1) is 0 Å². The molecule has 0 spiro atoms. The van der Waals surface area contributed by atoms with Crippen molar-refractivity contribution in [2.24, 2.45) is 0 Å². The number of halogens is 2. The smallest absolute Gasteiger partial charge is 0.282 e. The van der Waals surface area contributed by atoms with Crippen molar-refractivity contribution in [3.8, 4) is 0 Å². The zero-order chi connectivity index (χ0) is 14.7. The molecule has 0 atom stereocenters. The van der Waals surface area contributed by atoms with Crippen molar-refractivity contribution < 1.29 is 9.31 Å². The third-order valence-electron chi connectivity index (χ3n) is 2.90. The average molecular weight is 386 g/mol. The van der Waals surface area contributed by atoms with Gasteiger partial charge < -0.3 is 4.90 Å². The van der Waals surface area contributed by atoms with Crippen LogP contribution in [0.3, 0.4) is 0 Å². The predicted molar refractivity (Wildman–Crippen MR) is 84.3 cm³/mol. The van der Waals surface area contributed by atoms with E-state index in [2.05, 4.69) is 0 Å². The molecule has 0 amide bonds. The van der Waals surface area contributed by atoms with E-state index in [1.54, 1.807) is 24.3 Å². The highest BCUT2D eigenvalue weighted by molar-refractivity contribution is 14.1. The molecule has 0 aliphatic heterocycles. The molecule has 2 rings (SSSR count). The highest BCUT2D eigenvalue weighted by Crippen LogP contribution is 2.26. The molecule has 0 fully saturated rings. The molecule has 0 bridgehead atoms. The maximum Gasteiger partial charge on any atom is 0.282 e. The lowest BCUT2D eigenvalue weighted by atomic mass is 10.2. The van der Waals surface area contributed by atoms with Gasteiger partial charge >= 0.3 is 0 Å². The molecule has 0 aliphatic rings. The van der Waals surface area contributed by atoms with Crippen LogP contribution in [-0.2, 0) is 6.54 Å². The number of nitrogens with zero attached hydrogens (tertiary/aromatic N) is 2. The van der Waals surface area contributed by atoms with Gasteiger partial charge in [-0.05, 0) is 52.4 Å². The standard InChI is InChI=1S/C14H12FIN2O2/c1-17(9-10-2-4-11(15)5-3-10)12-6-7-14(18(19)20)13(16)8-12/h2-8H,9H2,1H3. The molecule has 20 heavy (non-hydrogen) atoms. The second-order valence-corrected chi connectivity index (χ2v) is 5.54. The van der Waals surface area contributed by atoms with Crippen molar-refractivity contribution >= 4 is 34.0 Å². The summed E-state index contributed by atoms with van der Waals surface area (Å²) in [6.45, 7) is 0.605. The number of benzene rings is 2. The van der Waals surface area contributed by atoms with Crippen molar-refractivity contribution in [3.05, 3.63) is 67.5 Å². The first kappa shape index (κ1) is 14.7. The molecule has 104 valence electrons. The van der Waals surface area contributed by atoms with Crippen LogP contribution in [0.5, 0.6) is 0 Å². The summed E-state index contributed by atoms with van der Waals surface area (Å²) in [5, 5.41) is 10.8. The van der Waals surface area contributed by atoms with Gasteiger partial charge in [0.1, 0.15) is 5.82 Å². The lowest BCUT2D eigenvalue weighted by molar-refractivity contribution is -0.385. The van der Waals surface area contributed by atoms with Crippen LogP contribution in [0.15, 0.2) is 42.5 Å². The van der Waals surface area contributed by atoms with Crippen molar-refractivity contribution in [1.82, 2.24) is 0 Å². The second kappa shape index (κ2) is 6.17. The van der Waals surface area contributed by atoms with Gasteiger partial charge in [0.15, 0.2) is 0 Å². The summed E-state index contributed by atoms with van der Waals surface area (Å²) in [7, 11) is 1.89. The Balaban J connectivity index is 2.17. The minimum atomic E-state index is -0.397. The quantitative estimate of drug-likeness (QED) is 0.454. The normalized spacial score (nSPS) is 10.3. The predicted octanol–water partition coefficient (Wildman–Crippen LogP) is 3.97. The third kappa shape index (κ3) is 3.44. The largest absolute Gasteiger partial charge is 0.370 e. The van der Waals surface area contributed by atoms with Crippen molar-refractivity contribution in [2.75, 3.05) is 11.9 Å². The first-order valence-corrected chi connectivity index (χ1v) is 6.95. The fourth-order valence-corrected chi connectivity index (χ4v) is 2.53. The van der Waals surface area contributed by atoms with E-state index in [1.807, 2.05) is 34.5 Å².